The van der Waals surface area contributed by atoms with Gasteiger partial charge >= 0.3 is 0 Å². The molecule has 1 rings (SSSR count). The Balaban J connectivity index is 0.000000236. The molecule has 1 atom stereocenters. The van der Waals surface area contributed by atoms with E-state index in [-0.39, 0.29) is 0 Å². The minimum absolute atomic E-state index is 0.949. The molecule has 1 aliphatic rings. The van der Waals surface area contributed by atoms with Gasteiger partial charge in [0.1, 0.15) is 0 Å². The first-order valence-electron chi connectivity index (χ1n) is 4.39. The lowest BCUT2D eigenvalue weighted by atomic mass is 10.2. The van der Waals surface area contributed by atoms with Gasteiger partial charge in [0.25, 0.3) is 0 Å². The molecule has 1 heterocycles. The molecule has 0 saturated carbocycles. The summed E-state index contributed by atoms with van der Waals surface area (Å²) < 4.78 is 0. The fourth-order valence-corrected chi connectivity index (χ4v) is 1.16. The molecular formula is C9H21N. The van der Waals surface area contributed by atoms with Gasteiger partial charge in [0.2, 0.25) is 0 Å². The number of hydrogen-bond acceptors (Lipinski definition) is 1. The molecule has 0 aromatic carbocycles. The summed E-state index contributed by atoms with van der Waals surface area (Å²) in [5.74, 6) is 0.949. The average molecular weight is 143 g/mol. The van der Waals surface area contributed by atoms with Gasteiger partial charge < -0.3 is 4.90 Å². The van der Waals surface area contributed by atoms with Crippen molar-refractivity contribution in [2.75, 3.05) is 20.1 Å². The second kappa shape index (κ2) is 5.72. The van der Waals surface area contributed by atoms with E-state index in [9.17, 15) is 0 Å². The predicted molar refractivity (Wildman–Crippen MR) is 47.2 cm³/mol. The molecule has 0 amide bonds. The smallest absolute Gasteiger partial charge is 0.000445 e. The van der Waals surface area contributed by atoms with Crippen LogP contribution in [0.5, 0.6) is 0 Å². The van der Waals surface area contributed by atoms with Crippen LogP contribution in [0.3, 0.4) is 0 Å². The monoisotopic (exact) mass is 143 g/mol. The van der Waals surface area contributed by atoms with Crippen molar-refractivity contribution in [1.29, 1.82) is 0 Å². The van der Waals surface area contributed by atoms with Crippen molar-refractivity contribution in [3.8, 4) is 0 Å². The maximum atomic E-state index is 2.38. The molecule has 0 aliphatic carbocycles. The molecule has 1 nitrogen and oxygen atoms in total. The summed E-state index contributed by atoms with van der Waals surface area (Å²) >= 11 is 0. The molecule has 1 fully saturated rings. The predicted octanol–water partition coefficient (Wildman–Crippen LogP) is 2.37. The highest BCUT2D eigenvalue weighted by atomic mass is 15.1. The highest BCUT2D eigenvalue weighted by Gasteiger charge is 2.13. The van der Waals surface area contributed by atoms with Crippen LogP contribution in [0.4, 0.5) is 0 Å². The van der Waals surface area contributed by atoms with Crippen LogP contribution in [0.15, 0.2) is 0 Å². The van der Waals surface area contributed by atoms with E-state index in [1.807, 2.05) is 0 Å². The standard InChI is InChI=1S/C6H13N.C3H8/c1-6-3-4-7(2)5-6;1-3-2/h6H,3-5H2,1-2H3;3H2,1-2H3. The molecular weight excluding hydrogens is 122 g/mol. The van der Waals surface area contributed by atoms with Crippen LogP contribution in [-0.2, 0) is 0 Å². The maximum Gasteiger partial charge on any atom is 0.000445 e. The van der Waals surface area contributed by atoms with Crippen molar-refractivity contribution < 1.29 is 0 Å². The molecule has 0 spiro atoms. The molecule has 1 heteroatoms. The Morgan fingerprint density at radius 1 is 1.40 bits per heavy atom. The van der Waals surface area contributed by atoms with Crippen LogP contribution in [0.1, 0.15) is 33.6 Å². The largest absolute Gasteiger partial charge is 0.306 e. The maximum absolute atomic E-state index is 2.38. The number of nitrogens with zero attached hydrogens (tertiary/aromatic N) is 1. The Morgan fingerprint density at radius 3 is 2.00 bits per heavy atom. The lowest BCUT2D eigenvalue weighted by Gasteiger charge is -2.03. The van der Waals surface area contributed by atoms with Gasteiger partial charge in [0.15, 0.2) is 0 Å². The summed E-state index contributed by atoms with van der Waals surface area (Å²) in [5.41, 5.74) is 0. The van der Waals surface area contributed by atoms with Crippen LogP contribution >= 0.6 is 0 Å². The normalized spacial score (nSPS) is 25.8. The molecule has 0 aromatic heterocycles. The molecule has 0 N–H and O–H groups in total. The lowest BCUT2D eigenvalue weighted by Crippen LogP contribution is -2.12. The molecule has 1 aliphatic heterocycles. The summed E-state index contributed by atoms with van der Waals surface area (Å²) in [6.45, 7) is 9.17. The summed E-state index contributed by atoms with van der Waals surface area (Å²) in [7, 11) is 2.18. The van der Waals surface area contributed by atoms with Crippen LogP contribution in [0, 0.1) is 5.92 Å². The topological polar surface area (TPSA) is 3.24 Å². The Bertz CT molecular complexity index is 63.1. The minimum Gasteiger partial charge on any atom is -0.306 e. The van der Waals surface area contributed by atoms with Gasteiger partial charge in [0.05, 0.1) is 0 Å². The van der Waals surface area contributed by atoms with Gasteiger partial charge in [-0.2, -0.15) is 0 Å². The van der Waals surface area contributed by atoms with Gasteiger partial charge in [0, 0.05) is 6.54 Å². The second-order valence-corrected chi connectivity index (χ2v) is 3.36. The second-order valence-electron chi connectivity index (χ2n) is 3.36. The first-order valence-corrected chi connectivity index (χ1v) is 4.39. The SMILES string of the molecule is CC1CCN(C)C1.CCC. The Labute approximate surface area is 65.4 Å². The van der Waals surface area contributed by atoms with Crippen LogP contribution in [-0.4, -0.2) is 25.0 Å². The Morgan fingerprint density at radius 2 is 1.90 bits per heavy atom. The van der Waals surface area contributed by atoms with Crippen molar-refractivity contribution in [2.24, 2.45) is 5.92 Å². The number of likely N-dealkylation sites (tertiary alicyclic amines) is 1. The van der Waals surface area contributed by atoms with Crippen molar-refractivity contribution in [3.05, 3.63) is 0 Å². The fourth-order valence-electron chi connectivity index (χ4n) is 1.16. The van der Waals surface area contributed by atoms with E-state index in [4.69, 9.17) is 0 Å². The molecule has 1 unspecified atom stereocenters. The molecule has 0 aromatic rings. The van der Waals surface area contributed by atoms with E-state index in [1.165, 1.54) is 25.9 Å². The van der Waals surface area contributed by atoms with Gasteiger partial charge in [-0.25, -0.2) is 0 Å². The summed E-state index contributed by atoms with van der Waals surface area (Å²) in [4.78, 5) is 2.38. The van der Waals surface area contributed by atoms with E-state index in [2.05, 4.69) is 32.7 Å². The molecule has 0 bridgehead atoms. The highest BCUT2D eigenvalue weighted by Crippen LogP contribution is 2.11. The third-order valence-electron chi connectivity index (χ3n) is 1.63. The Hall–Kier alpha value is -0.0400. The minimum atomic E-state index is 0.949. The van der Waals surface area contributed by atoms with E-state index in [0.717, 1.165) is 5.92 Å². The van der Waals surface area contributed by atoms with E-state index < -0.39 is 0 Å². The average Bonchev–Trinajstić information content (AvgIpc) is 2.17. The van der Waals surface area contributed by atoms with Gasteiger partial charge in [-0.05, 0) is 25.9 Å². The van der Waals surface area contributed by atoms with E-state index in [0.29, 0.717) is 0 Å². The van der Waals surface area contributed by atoms with Crippen molar-refractivity contribution in [1.82, 2.24) is 4.90 Å². The summed E-state index contributed by atoms with van der Waals surface area (Å²) in [6, 6.07) is 0. The Kier molecular flexibility index (Phi) is 5.70. The van der Waals surface area contributed by atoms with Crippen molar-refractivity contribution >= 4 is 0 Å². The zero-order valence-corrected chi connectivity index (χ0v) is 7.85. The number of hydrogen-bond donors (Lipinski definition) is 0. The highest BCUT2D eigenvalue weighted by molar-refractivity contribution is 4.67. The number of rotatable bonds is 0. The molecule has 1 saturated heterocycles. The zero-order valence-electron chi connectivity index (χ0n) is 7.85. The van der Waals surface area contributed by atoms with Gasteiger partial charge in [-0.3, -0.25) is 0 Å². The van der Waals surface area contributed by atoms with Gasteiger partial charge in [-0.15, -0.1) is 0 Å². The molecule has 62 valence electrons. The van der Waals surface area contributed by atoms with E-state index >= 15 is 0 Å². The van der Waals surface area contributed by atoms with Crippen LogP contribution in [0.2, 0.25) is 0 Å². The summed E-state index contributed by atoms with van der Waals surface area (Å²) in [5, 5.41) is 0. The van der Waals surface area contributed by atoms with E-state index in [1.54, 1.807) is 0 Å². The first-order chi connectivity index (χ1) is 4.70. The lowest BCUT2D eigenvalue weighted by molar-refractivity contribution is 0.402. The molecule has 10 heavy (non-hydrogen) atoms. The van der Waals surface area contributed by atoms with Crippen molar-refractivity contribution in [2.45, 2.75) is 33.6 Å². The third-order valence-corrected chi connectivity index (χ3v) is 1.63. The van der Waals surface area contributed by atoms with Crippen LogP contribution in [0.25, 0.3) is 0 Å². The quantitative estimate of drug-likeness (QED) is 0.503. The first kappa shape index (κ1) is 9.96. The van der Waals surface area contributed by atoms with Crippen LogP contribution < -0.4 is 0 Å². The summed E-state index contributed by atoms with van der Waals surface area (Å²) in [6.07, 6.45) is 2.65. The molecule has 0 radical (unpaired) electrons. The van der Waals surface area contributed by atoms with Gasteiger partial charge in [-0.1, -0.05) is 27.2 Å². The fraction of sp³-hybridized carbons (Fsp3) is 1.00. The zero-order chi connectivity index (χ0) is 7.98. The van der Waals surface area contributed by atoms with Crippen molar-refractivity contribution in [3.63, 3.8) is 0 Å². The third kappa shape index (κ3) is 4.80.